The van der Waals surface area contributed by atoms with E-state index < -0.39 is 0 Å². The summed E-state index contributed by atoms with van der Waals surface area (Å²) < 4.78 is 2.44. The minimum atomic E-state index is 0. The van der Waals surface area contributed by atoms with Gasteiger partial charge in [0.25, 0.3) is 0 Å². The summed E-state index contributed by atoms with van der Waals surface area (Å²) in [7, 11) is 0. The molecule has 0 fully saturated rings. The average molecular weight is 788 g/mol. The van der Waals surface area contributed by atoms with Crippen LogP contribution < -0.4 is 9.80 Å². The van der Waals surface area contributed by atoms with Crippen LogP contribution >= 0.6 is 0 Å². The number of anilines is 3. The molecule has 0 spiro atoms. The third-order valence-electron chi connectivity index (χ3n) is 9.13. The second-order valence-corrected chi connectivity index (χ2v) is 12.6. The molecular weight excluding hydrogens is 753 g/mol. The molecule has 4 heterocycles. The number of hydrogen-bond donors (Lipinski definition) is 0. The summed E-state index contributed by atoms with van der Waals surface area (Å²) in [5.74, 6) is 0. The van der Waals surface area contributed by atoms with Gasteiger partial charge in [-0.05, 0) is 86.6 Å². The number of rotatable bonds is 3. The predicted octanol–water partition coefficient (Wildman–Crippen LogP) is 10.6. The zero-order chi connectivity index (χ0) is 31.5. The Labute approximate surface area is 290 Å². The van der Waals surface area contributed by atoms with Gasteiger partial charge in [-0.2, -0.15) is 18.8 Å². The van der Waals surface area contributed by atoms with Gasteiger partial charge in [0.2, 0.25) is 0 Å². The van der Waals surface area contributed by atoms with Gasteiger partial charge in [0.15, 0.2) is 0 Å². The summed E-state index contributed by atoms with van der Waals surface area (Å²) >= 11 is 0. The molecule has 4 nitrogen and oxygen atoms in total. The molecule has 0 aliphatic carbocycles. The molecule has 3 aromatic heterocycles. The first kappa shape index (κ1) is 30.9. The Balaban J connectivity index is 0.000000212. The molecule has 5 heteroatoms. The van der Waals surface area contributed by atoms with E-state index in [9.17, 15) is 0 Å². The van der Waals surface area contributed by atoms with Gasteiger partial charge in [0.1, 0.15) is 0 Å². The molecule has 0 saturated heterocycles. The Hall–Kier alpha value is -4.70. The zero-order valence-electron chi connectivity index (χ0n) is 27.2. The number of fused-ring (bicyclic) bond motifs is 7. The van der Waals surface area contributed by atoms with E-state index in [0.717, 1.165) is 16.9 Å². The molecule has 5 aromatic carbocycles. The van der Waals surface area contributed by atoms with Gasteiger partial charge in [-0.25, -0.2) is 0 Å². The summed E-state index contributed by atoms with van der Waals surface area (Å²) in [5.41, 5.74) is 13.2. The molecule has 0 radical (unpaired) electrons. The minimum Gasteiger partial charge on any atom is -0.499 e. The van der Waals surface area contributed by atoms with Crippen molar-refractivity contribution in [2.45, 2.75) is 40.7 Å². The Morgan fingerprint density at radius 3 is 2.17 bits per heavy atom. The molecule has 0 bridgehead atoms. The van der Waals surface area contributed by atoms with Crippen LogP contribution in [0, 0.1) is 39.6 Å². The van der Waals surface area contributed by atoms with Crippen molar-refractivity contribution in [3.05, 3.63) is 145 Å². The van der Waals surface area contributed by atoms with Crippen LogP contribution in [0.3, 0.4) is 0 Å². The smallest absolute Gasteiger partial charge is 0.499 e. The molecule has 0 amide bonds. The number of pyridine rings is 1. The van der Waals surface area contributed by atoms with Gasteiger partial charge in [-0.1, -0.05) is 54.0 Å². The molecule has 9 rings (SSSR count). The fourth-order valence-electron chi connectivity index (χ4n) is 7.04. The summed E-state index contributed by atoms with van der Waals surface area (Å²) in [4.78, 5) is 8.93. The Bertz CT molecular complexity index is 2360. The summed E-state index contributed by atoms with van der Waals surface area (Å²) in [5, 5.41) is 5.34. The summed E-state index contributed by atoms with van der Waals surface area (Å²) in [6.07, 6.45) is 1.87. The molecule has 0 atom stereocenters. The molecule has 1 aliphatic rings. The fraction of sp³-hybridized carbons (Fsp3) is 0.143. The number of benzene rings is 5. The SMILES string of the molecule is Cc1cc(C)c2c3ccccc3n3c4c[c-]c(N5[CH-]N(C(C)C)c6ccccc65)cc4c1c23.Cc1ccc(-c2[c-]cccc2)nc1.[Ir+3]. The van der Waals surface area contributed by atoms with Crippen LogP contribution in [0.1, 0.15) is 30.5 Å². The van der Waals surface area contributed by atoms with Crippen molar-refractivity contribution in [2.75, 3.05) is 9.80 Å². The molecule has 0 saturated carbocycles. The van der Waals surface area contributed by atoms with Crippen LogP contribution in [0.2, 0.25) is 0 Å². The number of nitrogens with zero attached hydrogens (tertiary/aromatic N) is 4. The summed E-state index contributed by atoms with van der Waals surface area (Å²) in [6.45, 7) is 13.2. The van der Waals surface area contributed by atoms with Crippen LogP contribution in [-0.4, -0.2) is 15.4 Å². The first-order valence-corrected chi connectivity index (χ1v) is 15.9. The second-order valence-electron chi connectivity index (χ2n) is 12.6. The van der Waals surface area contributed by atoms with Gasteiger partial charge in [0, 0.05) is 39.4 Å². The van der Waals surface area contributed by atoms with E-state index >= 15 is 0 Å². The summed E-state index contributed by atoms with van der Waals surface area (Å²) in [6, 6.07) is 43.3. The maximum atomic E-state index is 4.32. The maximum Gasteiger partial charge on any atom is 3.00 e. The maximum absolute atomic E-state index is 4.32. The second kappa shape index (κ2) is 12.1. The van der Waals surface area contributed by atoms with E-state index in [2.05, 4.69) is 138 Å². The van der Waals surface area contributed by atoms with Crippen molar-refractivity contribution >= 4 is 55.2 Å². The molecule has 47 heavy (non-hydrogen) atoms. The van der Waals surface area contributed by atoms with Crippen molar-refractivity contribution in [1.29, 1.82) is 0 Å². The van der Waals surface area contributed by atoms with Crippen LogP contribution in [0.4, 0.5) is 17.1 Å². The Morgan fingerprint density at radius 2 is 1.45 bits per heavy atom. The Kier molecular flexibility index (Phi) is 7.99. The molecule has 0 N–H and O–H groups in total. The van der Waals surface area contributed by atoms with Gasteiger partial charge < -0.3 is 19.2 Å². The topological polar surface area (TPSA) is 23.8 Å². The van der Waals surface area contributed by atoms with E-state index in [1.165, 1.54) is 66.2 Å². The third-order valence-corrected chi connectivity index (χ3v) is 9.13. The van der Waals surface area contributed by atoms with E-state index in [-0.39, 0.29) is 20.1 Å². The van der Waals surface area contributed by atoms with Gasteiger partial charge in [-0.15, -0.1) is 53.0 Å². The van der Waals surface area contributed by atoms with Crippen molar-refractivity contribution in [1.82, 2.24) is 9.38 Å². The van der Waals surface area contributed by atoms with Crippen molar-refractivity contribution in [2.24, 2.45) is 0 Å². The van der Waals surface area contributed by atoms with E-state index in [0.29, 0.717) is 6.04 Å². The monoisotopic (exact) mass is 788 g/mol. The van der Waals surface area contributed by atoms with Crippen LogP contribution in [0.25, 0.3) is 49.4 Å². The van der Waals surface area contributed by atoms with Gasteiger partial charge >= 0.3 is 20.1 Å². The molecule has 0 unspecified atom stereocenters. The quantitative estimate of drug-likeness (QED) is 0.167. The number of aryl methyl sites for hydroxylation is 3. The molecule has 232 valence electrons. The van der Waals surface area contributed by atoms with Crippen LogP contribution in [0.5, 0.6) is 0 Å². The normalized spacial score (nSPS) is 12.6. The molecular formula is C42H35IrN4. The van der Waals surface area contributed by atoms with Crippen LogP contribution in [0.15, 0.2) is 109 Å². The van der Waals surface area contributed by atoms with Crippen molar-refractivity contribution in [3.63, 3.8) is 0 Å². The first-order valence-electron chi connectivity index (χ1n) is 15.9. The van der Waals surface area contributed by atoms with Crippen molar-refractivity contribution in [3.8, 4) is 11.3 Å². The van der Waals surface area contributed by atoms with Crippen LogP contribution in [-0.2, 0) is 20.1 Å². The number of para-hydroxylation sites is 3. The number of aromatic nitrogens is 2. The standard InChI is InChI=1S/C30H25N3.C12H10N.Ir/c1-18(2)31-17-32(27-12-8-7-11-26(27)31)21-13-14-25-23(16-21)29-20(4)15-19(3)28-22-9-5-6-10-24(22)33(25)30(28)29;1-10-7-8-12(13-9-10)11-5-3-2-4-6-11;/h5-12,14-18H,1-4H3;2-5,7-9H,1H3;/q-2;-1;+3. The average Bonchev–Trinajstić information content (AvgIpc) is 3.74. The molecule has 1 aliphatic heterocycles. The largest absolute Gasteiger partial charge is 3.00 e. The molecule has 8 aromatic rings. The zero-order valence-corrected chi connectivity index (χ0v) is 29.6. The van der Waals surface area contributed by atoms with E-state index in [1.54, 1.807) is 0 Å². The Morgan fingerprint density at radius 1 is 0.723 bits per heavy atom. The van der Waals surface area contributed by atoms with E-state index in [4.69, 9.17) is 0 Å². The van der Waals surface area contributed by atoms with Gasteiger partial charge in [-0.3, -0.25) is 0 Å². The first-order chi connectivity index (χ1) is 22.4. The third kappa shape index (κ3) is 5.06. The predicted molar refractivity (Wildman–Crippen MR) is 193 cm³/mol. The van der Waals surface area contributed by atoms with Gasteiger partial charge in [0.05, 0.1) is 0 Å². The minimum absolute atomic E-state index is 0. The fourth-order valence-corrected chi connectivity index (χ4v) is 7.04. The van der Waals surface area contributed by atoms with Crippen molar-refractivity contribution < 1.29 is 20.1 Å². The van der Waals surface area contributed by atoms with E-state index in [1.807, 2.05) is 43.5 Å². The number of hydrogen-bond acceptors (Lipinski definition) is 3.